The van der Waals surface area contributed by atoms with E-state index in [4.69, 9.17) is 0 Å². The summed E-state index contributed by atoms with van der Waals surface area (Å²) in [5.41, 5.74) is 0.476. The van der Waals surface area contributed by atoms with Crippen LogP contribution in [0.5, 0.6) is 0 Å². The second kappa shape index (κ2) is 8.84. The minimum absolute atomic E-state index is 0.140. The maximum atomic E-state index is 12.6. The minimum atomic E-state index is -0.674. The van der Waals surface area contributed by atoms with Gasteiger partial charge in [0.2, 0.25) is 11.8 Å². The lowest BCUT2D eigenvalue weighted by atomic mass is 10.1. The summed E-state index contributed by atoms with van der Waals surface area (Å²) in [6.07, 6.45) is 1.76. The highest BCUT2D eigenvalue weighted by molar-refractivity contribution is 9.10. The van der Waals surface area contributed by atoms with Crippen LogP contribution in [0.4, 0.5) is 5.69 Å². The van der Waals surface area contributed by atoms with E-state index < -0.39 is 6.04 Å². The van der Waals surface area contributed by atoms with Gasteiger partial charge in [-0.25, -0.2) is 0 Å². The molecule has 2 aromatic carbocycles. The minimum Gasteiger partial charge on any atom is -0.354 e. The molecule has 7 heteroatoms. The normalized spacial score (nSPS) is 11.8. The number of pyridine rings is 1. The number of anilines is 1. The number of nitrogens with one attached hydrogen (secondary N) is 2. The van der Waals surface area contributed by atoms with Gasteiger partial charge in [0.1, 0.15) is 6.04 Å². The first-order valence-electron chi connectivity index (χ1n) is 8.89. The molecule has 0 saturated carbocycles. The largest absolute Gasteiger partial charge is 0.354 e. The lowest BCUT2D eigenvalue weighted by Gasteiger charge is -2.16. The van der Waals surface area contributed by atoms with Crippen LogP contribution in [0.25, 0.3) is 10.8 Å². The van der Waals surface area contributed by atoms with Crippen molar-refractivity contribution < 1.29 is 9.59 Å². The first-order chi connectivity index (χ1) is 13.5. The Balaban J connectivity index is 1.56. The van der Waals surface area contributed by atoms with Crippen molar-refractivity contribution in [2.45, 2.75) is 19.4 Å². The molecule has 1 atom stereocenters. The van der Waals surface area contributed by atoms with Crippen LogP contribution in [0.15, 0.2) is 70.1 Å². The summed E-state index contributed by atoms with van der Waals surface area (Å²) < 4.78 is 2.33. The molecular formula is C21H20BrN3O3. The van der Waals surface area contributed by atoms with E-state index in [-0.39, 0.29) is 30.3 Å². The molecule has 0 saturated heterocycles. The molecule has 6 nitrogen and oxygen atoms in total. The van der Waals surface area contributed by atoms with Gasteiger partial charge in [0.05, 0.1) is 0 Å². The number of amides is 2. The van der Waals surface area contributed by atoms with E-state index in [1.54, 1.807) is 37.4 Å². The van der Waals surface area contributed by atoms with Crippen LogP contribution >= 0.6 is 15.9 Å². The molecule has 3 rings (SSSR count). The second-order valence-electron chi connectivity index (χ2n) is 6.39. The maximum Gasteiger partial charge on any atom is 0.259 e. The van der Waals surface area contributed by atoms with Crippen molar-refractivity contribution in [1.29, 1.82) is 0 Å². The monoisotopic (exact) mass is 441 g/mol. The molecule has 0 aliphatic heterocycles. The van der Waals surface area contributed by atoms with Crippen LogP contribution in [-0.2, 0) is 9.59 Å². The molecule has 28 heavy (non-hydrogen) atoms. The van der Waals surface area contributed by atoms with Gasteiger partial charge in [-0.2, -0.15) is 0 Å². The molecule has 0 aliphatic rings. The third-order valence-electron chi connectivity index (χ3n) is 4.42. The average Bonchev–Trinajstić information content (AvgIpc) is 2.69. The van der Waals surface area contributed by atoms with Gasteiger partial charge < -0.3 is 15.2 Å². The molecule has 1 aromatic heterocycles. The van der Waals surface area contributed by atoms with Crippen molar-refractivity contribution >= 4 is 44.2 Å². The van der Waals surface area contributed by atoms with Gasteiger partial charge in [0.25, 0.3) is 5.56 Å². The number of halogens is 1. The summed E-state index contributed by atoms with van der Waals surface area (Å²) in [7, 11) is 0. The smallest absolute Gasteiger partial charge is 0.259 e. The first-order valence-corrected chi connectivity index (χ1v) is 9.68. The van der Waals surface area contributed by atoms with Gasteiger partial charge in [-0.3, -0.25) is 14.4 Å². The van der Waals surface area contributed by atoms with E-state index in [9.17, 15) is 14.4 Å². The zero-order valence-corrected chi connectivity index (χ0v) is 16.9. The van der Waals surface area contributed by atoms with Crippen molar-refractivity contribution in [2.75, 3.05) is 11.9 Å². The van der Waals surface area contributed by atoms with Gasteiger partial charge in [0, 0.05) is 34.7 Å². The van der Waals surface area contributed by atoms with Crippen LogP contribution in [0.2, 0.25) is 0 Å². The first kappa shape index (κ1) is 19.8. The lowest BCUT2D eigenvalue weighted by Crippen LogP contribution is -2.36. The Hall–Kier alpha value is -2.93. The summed E-state index contributed by atoms with van der Waals surface area (Å²) in [5, 5.41) is 6.88. The third kappa shape index (κ3) is 4.67. The number of aromatic nitrogens is 1. The van der Waals surface area contributed by atoms with Gasteiger partial charge >= 0.3 is 0 Å². The number of nitrogens with zero attached hydrogens (tertiary/aromatic N) is 1. The standard InChI is InChI=1S/C21H20BrN3O3/c1-14(25-13-11-15-4-2-3-5-18(15)21(25)28)20(27)23-12-10-19(26)24-17-8-6-16(22)7-9-17/h2-9,11,13-14H,10,12H2,1H3,(H,23,27)(H,24,26). The number of carbonyl (C=O) groups excluding carboxylic acids is 2. The van der Waals surface area contributed by atoms with E-state index in [1.165, 1.54) is 4.57 Å². The van der Waals surface area contributed by atoms with Gasteiger partial charge in [-0.15, -0.1) is 0 Å². The predicted octanol–water partition coefficient (Wildman–Crippen LogP) is 3.47. The van der Waals surface area contributed by atoms with E-state index in [1.807, 2.05) is 30.3 Å². The number of rotatable bonds is 6. The highest BCUT2D eigenvalue weighted by atomic mass is 79.9. The van der Waals surface area contributed by atoms with E-state index in [0.29, 0.717) is 11.1 Å². The summed E-state index contributed by atoms with van der Waals surface area (Å²) >= 11 is 3.34. The van der Waals surface area contributed by atoms with E-state index in [0.717, 1.165) is 9.86 Å². The van der Waals surface area contributed by atoms with Crippen LogP contribution in [0.1, 0.15) is 19.4 Å². The molecule has 1 heterocycles. The molecular weight excluding hydrogens is 422 g/mol. The third-order valence-corrected chi connectivity index (χ3v) is 4.95. The average molecular weight is 442 g/mol. The van der Waals surface area contributed by atoms with E-state index in [2.05, 4.69) is 26.6 Å². The second-order valence-corrected chi connectivity index (χ2v) is 7.30. The highest BCUT2D eigenvalue weighted by Gasteiger charge is 2.17. The van der Waals surface area contributed by atoms with Gasteiger partial charge in [-0.1, -0.05) is 34.1 Å². The molecule has 0 aliphatic carbocycles. The number of benzene rings is 2. The Labute approximate surface area is 170 Å². The van der Waals surface area contributed by atoms with Gasteiger partial charge in [-0.05, 0) is 48.7 Å². The van der Waals surface area contributed by atoms with Gasteiger partial charge in [0.15, 0.2) is 0 Å². The Bertz CT molecular complexity index is 1060. The fourth-order valence-electron chi connectivity index (χ4n) is 2.84. The van der Waals surface area contributed by atoms with Crippen LogP contribution < -0.4 is 16.2 Å². The van der Waals surface area contributed by atoms with Crippen molar-refractivity contribution in [3.8, 4) is 0 Å². The molecule has 3 aromatic rings. The SMILES string of the molecule is CC(C(=O)NCCC(=O)Nc1ccc(Br)cc1)n1ccc2ccccc2c1=O. The fourth-order valence-corrected chi connectivity index (χ4v) is 3.10. The Morgan fingerprint density at radius 1 is 1.07 bits per heavy atom. The summed E-state index contributed by atoms with van der Waals surface area (Å²) in [4.78, 5) is 37.0. The van der Waals surface area contributed by atoms with Crippen LogP contribution in [0.3, 0.4) is 0 Å². The van der Waals surface area contributed by atoms with Crippen LogP contribution in [0, 0.1) is 0 Å². The molecule has 0 bridgehead atoms. The zero-order valence-electron chi connectivity index (χ0n) is 15.3. The van der Waals surface area contributed by atoms with Crippen molar-refractivity contribution in [3.05, 3.63) is 75.6 Å². The highest BCUT2D eigenvalue weighted by Crippen LogP contribution is 2.14. The summed E-state index contributed by atoms with van der Waals surface area (Å²) in [6.45, 7) is 1.85. The quantitative estimate of drug-likeness (QED) is 0.614. The molecule has 2 amide bonds. The topological polar surface area (TPSA) is 80.2 Å². The Morgan fingerprint density at radius 2 is 1.79 bits per heavy atom. The number of hydrogen-bond donors (Lipinski definition) is 2. The summed E-state index contributed by atoms with van der Waals surface area (Å²) in [6, 6.07) is 15.6. The van der Waals surface area contributed by atoms with Crippen molar-refractivity contribution in [1.82, 2.24) is 9.88 Å². The summed E-state index contributed by atoms with van der Waals surface area (Å²) in [5.74, 6) is -0.507. The molecule has 1 unspecified atom stereocenters. The Kier molecular flexibility index (Phi) is 6.26. The number of fused-ring (bicyclic) bond motifs is 1. The van der Waals surface area contributed by atoms with Crippen molar-refractivity contribution in [2.24, 2.45) is 0 Å². The molecule has 0 spiro atoms. The maximum absolute atomic E-state index is 12.6. The molecule has 2 N–H and O–H groups in total. The zero-order chi connectivity index (χ0) is 20.1. The van der Waals surface area contributed by atoms with Crippen molar-refractivity contribution in [3.63, 3.8) is 0 Å². The van der Waals surface area contributed by atoms with E-state index >= 15 is 0 Å². The van der Waals surface area contributed by atoms with Crippen LogP contribution in [-0.4, -0.2) is 22.9 Å². The molecule has 144 valence electrons. The Morgan fingerprint density at radius 3 is 2.54 bits per heavy atom. The predicted molar refractivity (Wildman–Crippen MR) is 113 cm³/mol. The molecule has 0 fully saturated rings. The number of carbonyl (C=O) groups is 2. The number of hydrogen-bond acceptors (Lipinski definition) is 3. The molecule has 0 radical (unpaired) electrons. The lowest BCUT2D eigenvalue weighted by molar-refractivity contribution is -0.124. The fraction of sp³-hybridized carbons (Fsp3) is 0.190.